The summed E-state index contributed by atoms with van der Waals surface area (Å²) in [4.78, 5) is 11.5. The summed E-state index contributed by atoms with van der Waals surface area (Å²) in [6.07, 6.45) is 0. The van der Waals surface area contributed by atoms with Gasteiger partial charge in [0.15, 0.2) is 0 Å². The third-order valence-electron chi connectivity index (χ3n) is 14.1. The molecule has 0 atom stereocenters. The Bertz CT molecular complexity index is 4180. The Morgan fingerprint density at radius 2 is 0.743 bits per heavy atom. The van der Waals surface area contributed by atoms with Crippen LogP contribution in [0.4, 0.5) is 0 Å². The van der Waals surface area contributed by atoms with Gasteiger partial charge in [0.25, 0.3) is 0 Å². The van der Waals surface area contributed by atoms with Crippen LogP contribution < -0.4 is 0 Å². The maximum absolute atomic E-state index is 5.74. The third-order valence-corrected chi connectivity index (χ3v) is 15.3. The molecule has 0 aliphatic rings. The molecule has 0 bridgehead atoms. The summed E-state index contributed by atoms with van der Waals surface area (Å²) >= 11 is 1.87. The fourth-order valence-electron chi connectivity index (χ4n) is 10.9. The van der Waals surface area contributed by atoms with Gasteiger partial charge < -0.3 is 0 Å². The van der Waals surface area contributed by atoms with E-state index in [1.54, 1.807) is 0 Å². The number of benzene rings is 11. The number of hydrogen-bond acceptors (Lipinski definition) is 3. The molecule has 13 aromatic rings. The normalized spacial score (nSPS) is 11.6. The van der Waals surface area contributed by atoms with E-state index in [1.807, 2.05) is 11.3 Å². The van der Waals surface area contributed by atoms with Gasteiger partial charge >= 0.3 is 0 Å². The van der Waals surface area contributed by atoms with E-state index < -0.39 is 0 Å². The van der Waals surface area contributed by atoms with Gasteiger partial charge in [0.2, 0.25) is 0 Å². The Kier molecular flexibility index (Phi) is 10.1. The predicted molar refractivity (Wildman–Crippen MR) is 300 cm³/mol. The highest BCUT2D eigenvalue weighted by atomic mass is 32.1. The smallest absolute Gasteiger partial charge is 0.0979 e. The number of nitrogens with zero attached hydrogens (tertiary/aromatic N) is 2. The lowest BCUT2D eigenvalue weighted by Gasteiger charge is -2.18. The molecule has 330 valence electrons. The van der Waals surface area contributed by atoms with E-state index in [0.717, 1.165) is 49.9 Å². The van der Waals surface area contributed by atoms with Gasteiger partial charge in [-0.15, -0.1) is 11.3 Å². The topological polar surface area (TPSA) is 25.8 Å². The molecule has 0 amide bonds. The summed E-state index contributed by atoms with van der Waals surface area (Å²) in [6, 6.07) is 82.0. The first-order valence-electron chi connectivity index (χ1n) is 24.0. The molecule has 0 saturated carbocycles. The molecule has 0 fully saturated rings. The molecular weight excluding hydrogens is 865 g/mol. The van der Waals surface area contributed by atoms with Gasteiger partial charge in [0.05, 0.1) is 22.4 Å². The molecule has 0 aliphatic heterocycles. The van der Waals surface area contributed by atoms with Crippen LogP contribution >= 0.6 is 11.3 Å². The fraction of sp³-hybridized carbons (Fsp3) is 0.0448. The average molecular weight is 911 g/mol. The van der Waals surface area contributed by atoms with E-state index in [0.29, 0.717) is 0 Å². The highest BCUT2D eigenvalue weighted by Crippen LogP contribution is 2.46. The molecule has 0 unspecified atom stereocenters. The molecule has 0 saturated heterocycles. The lowest BCUT2D eigenvalue weighted by atomic mass is 9.91. The minimum atomic E-state index is 0.881. The first-order chi connectivity index (χ1) is 34.4. The van der Waals surface area contributed by atoms with Crippen molar-refractivity contribution in [3.05, 3.63) is 241 Å². The van der Waals surface area contributed by atoms with E-state index >= 15 is 0 Å². The van der Waals surface area contributed by atoms with E-state index in [-0.39, 0.29) is 0 Å². The van der Waals surface area contributed by atoms with Crippen molar-refractivity contribution in [2.45, 2.75) is 20.8 Å². The van der Waals surface area contributed by atoms with Gasteiger partial charge in [0, 0.05) is 47.6 Å². The number of aromatic nitrogens is 2. The predicted octanol–water partition coefficient (Wildman–Crippen LogP) is 18.9. The van der Waals surface area contributed by atoms with Crippen LogP contribution in [0.2, 0.25) is 0 Å². The summed E-state index contributed by atoms with van der Waals surface area (Å²) in [5.74, 6) is 0. The average Bonchev–Trinajstić information content (AvgIpc) is 3.79. The van der Waals surface area contributed by atoms with Crippen molar-refractivity contribution >= 4 is 64.1 Å². The molecule has 0 radical (unpaired) electrons. The Morgan fingerprint density at radius 1 is 0.300 bits per heavy atom. The number of hydrogen-bond donors (Lipinski definition) is 0. The summed E-state index contributed by atoms with van der Waals surface area (Å²) in [7, 11) is 0. The second-order valence-corrected chi connectivity index (χ2v) is 19.7. The van der Waals surface area contributed by atoms with Crippen LogP contribution in [0.15, 0.2) is 224 Å². The van der Waals surface area contributed by atoms with Gasteiger partial charge in [-0.2, -0.15) is 0 Å². The van der Waals surface area contributed by atoms with Gasteiger partial charge in [-0.1, -0.05) is 188 Å². The monoisotopic (exact) mass is 910 g/mol. The second-order valence-electron chi connectivity index (χ2n) is 18.7. The Hall–Kier alpha value is -8.50. The van der Waals surface area contributed by atoms with Crippen LogP contribution in [0.3, 0.4) is 0 Å². The maximum atomic E-state index is 5.74. The van der Waals surface area contributed by atoms with Crippen LogP contribution in [0.1, 0.15) is 16.7 Å². The maximum Gasteiger partial charge on any atom is 0.0979 e. The highest BCUT2D eigenvalue weighted by molar-refractivity contribution is 7.26. The van der Waals surface area contributed by atoms with Crippen molar-refractivity contribution in [1.82, 2.24) is 9.97 Å². The number of rotatable bonds is 7. The number of fused-ring (bicyclic) bond motifs is 9. The molecule has 0 N–H and O–H groups in total. The summed E-state index contributed by atoms with van der Waals surface area (Å²) in [5.41, 5.74) is 21.3. The van der Waals surface area contributed by atoms with E-state index in [4.69, 9.17) is 9.97 Å². The molecule has 0 aliphatic carbocycles. The minimum Gasteiger partial charge on any atom is -0.243 e. The van der Waals surface area contributed by atoms with Crippen molar-refractivity contribution in [2.75, 3.05) is 0 Å². The summed E-state index contributed by atoms with van der Waals surface area (Å²) < 4.78 is 2.52. The first-order valence-corrected chi connectivity index (χ1v) is 24.9. The molecule has 0 spiro atoms. The van der Waals surface area contributed by atoms with Crippen LogP contribution in [-0.2, 0) is 0 Å². The lowest BCUT2D eigenvalue weighted by Crippen LogP contribution is -2.00. The molecular formula is C67H46N2S. The highest BCUT2D eigenvalue weighted by Gasteiger charge is 2.22. The zero-order valence-electron chi connectivity index (χ0n) is 39.2. The Balaban J connectivity index is 1.05. The molecule has 70 heavy (non-hydrogen) atoms. The van der Waals surface area contributed by atoms with Crippen LogP contribution in [-0.4, -0.2) is 9.97 Å². The summed E-state index contributed by atoms with van der Waals surface area (Å²) in [6.45, 7) is 6.59. The van der Waals surface area contributed by atoms with E-state index in [1.165, 1.54) is 97.7 Å². The molecule has 3 heteroatoms. The van der Waals surface area contributed by atoms with Gasteiger partial charge in [-0.05, 0) is 135 Å². The SMILES string of the molecule is Cc1cc(C)c(-c2nc3c4ccccc4c4ccccc4c3nc2-c2cccc(-c3cc(-c4cccc(-c5ccccc5)c4)cc4c3sc3ccc(-c5cccc(-c6ccccc6)c5)cc34)c2)c(C)c1. The van der Waals surface area contributed by atoms with Crippen LogP contribution in [0.25, 0.3) is 131 Å². The van der Waals surface area contributed by atoms with E-state index in [2.05, 4.69) is 245 Å². The Morgan fingerprint density at radius 3 is 1.34 bits per heavy atom. The van der Waals surface area contributed by atoms with Crippen molar-refractivity contribution in [3.8, 4) is 78.1 Å². The van der Waals surface area contributed by atoms with Gasteiger partial charge in [0.1, 0.15) is 0 Å². The first kappa shape index (κ1) is 41.7. The quantitative estimate of drug-likeness (QED) is 0.149. The number of thiophene rings is 1. The van der Waals surface area contributed by atoms with Gasteiger partial charge in [-0.25, -0.2) is 9.97 Å². The molecule has 13 rings (SSSR count). The molecule has 2 nitrogen and oxygen atoms in total. The van der Waals surface area contributed by atoms with Gasteiger partial charge in [-0.3, -0.25) is 0 Å². The van der Waals surface area contributed by atoms with Crippen molar-refractivity contribution in [1.29, 1.82) is 0 Å². The Labute approximate surface area is 411 Å². The zero-order chi connectivity index (χ0) is 46.9. The second kappa shape index (κ2) is 16.9. The fourth-order valence-corrected chi connectivity index (χ4v) is 12.1. The van der Waals surface area contributed by atoms with Crippen molar-refractivity contribution in [3.63, 3.8) is 0 Å². The van der Waals surface area contributed by atoms with Crippen LogP contribution in [0, 0.1) is 20.8 Å². The van der Waals surface area contributed by atoms with Crippen molar-refractivity contribution in [2.24, 2.45) is 0 Å². The largest absolute Gasteiger partial charge is 0.243 e. The minimum absolute atomic E-state index is 0.881. The zero-order valence-corrected chi connectivity index (χ0v) is 40.0. The summed E-state index contributed by atoms with van der Waals surface area (Å²) in [5, 5.41) is 7.09. The molecule has 11 aromatic carbocycles. The standard InChI is InChI=1S/C67H46N2S/c1-41-33-42(2)62(43(3)34-41)66-63(68-64-56-29-12-10-27-54(56)55-28-11-13-30-57(55)65(64)69-66)52-26-16-25-51(37-52)58-39-53(49-24-15-22-47(36-49)45-19-8-5-9-20-45)40-60-59-38-50(31-32-61(59)70-67(58)60)48-23-14-21-46(35-48)44-17-6-4-7-18-44/h4-40H,1-3H3. The molecule has 2 heterocycles. The van der Waals surface area contributed by atoms with Crippen molar-refractivity contribution < 1.29 is 0 Å². The third kappa shape index (κ3) is 7.17. The van der Waals surface area contributed by atoms with E-state index in [9.17, 15) is 0 Å². The van der Waals surface area contributed by atoms with Crippen LogP contribution in [0.5, 0.6) is 0 Å². The molecule has 2 aromatic heterocycles. The lowest BCUT2D eigenvalue weighted by molar-refractivity contribution is 1.25. The number of aryl methyl sites for hydroxylation is 3.